The van der Waals surface area contributed by atoms with Crippen molar-refractivity contribution < 1.29 is 19.1 Å². The lowest BCUT2D eigenvalue weighted by molar-refractivity contribution is -0.113. The van der Waals surface area contributed by atoms with Crippen LogP contribution in [-0.2, 0) is 20.8 Å². The van der Waals surface area contributed by atoms with Gasteiger partial charge in [0.15, 0.2) is 11.0 Å². The van der Waals surface area contributed by atoms with E-state index in [1.165, 1.54) is 18.9 Å². The molecular formula is C25H25N5O4S. The molecule has 180 valence electrons. The number of rotatable bonds is 8. The molecule has 1 atom stereocenters. The Hall–Kier alpha value is -3.63. The Morgan fingerprint density at radius 3 is 2.94 bits per heavy atom. The Morgan fingerprint density at radius 1 is 1.23 bits per heavy atom. The summed E-state index contributed by atoms with van der Waals surface area (Å²) in [5.74, 6) is 0.214. The van der Waals surface area contributed by atoms with Crippen molar-refractivity contribution in [2.45, 2.75) is 30.6 Å². The SMILES string of the molecule is COC(=O)c1cccc(NC(=O)CSc2nnc(-c3c[nH]c4ccccc34)n2CC2CCCO2)c1. The van der Waals surface area contributed by atoms with Crippen molar-refractivity contribution >= 4 is 40.2 Å². The molecule has 4 aromatic rings. The second kappa shape index (κ2) is 10.3. The van der Waals surface area contributed by atoms with E-state index in [0.717, 1.165) is 41.7 Å². The van der Waals surface area contributed by atoms with E-state index >= 15 is 0 Å². The van der Waals surface area contributed by atoms with Gasteiger partial charge in [-0.25, -0.2) is 4.79 Å². The van der Waals surface area contributed by atoms with Gasteiger partial charge < -0.3 is 19.8 Å². The van der Waals surface area contributed by atoms with Crippen LogP contribution >= 0.6 is 11.8 Å². The number of para-hydroxylation sites is 1. The maximum Gasteiger partial charge on any atom is 0.337 e. The number of anilines is 1. The summed E-state index contributed by atoms with van der Waals surface area (Å²) in [6.07, 6.45) is 4.04. The molecule has 35 heavy (non-hydrogen) atoms. The second-order valence-electron chi connectivity index (χ2n) is 8.21. The van der Waals surface area contributed by atoms with Crippen LogP contribution in [0.1, 0.15) is 23.2 Å². The number of thioether (sulfide) groups is 1. The van der Waals surface area contributed by atoms with E-state index in [9.17, 15) is 9.59 Å². The number of carbonyl (C=O) groups excluding carboxylic acids is 2. The van der Waals surface area contributed by atoms with E-state index in [-0.39, 0.29) is 17.8 Å². The average Bonchev–Trinajstić information content (AvgIpc) is 3.63. The number of aromatic nitrogens is 4. The first-order valence-corrected chi connectivity index (χ1v) is 12.3. The molecular weight excluding hydrogens is 466 g/mol. The monoisotopic (exact) mass is 491 g/mol. The lowest BCUT2D eigenvalue weighted by Crippen LogP contribution is -2.18. The Labute approximate surface area is 206 Å². The highest BCUT2D eigenvalue weighted by molar-refractivity contribution is 7.99. The van der Waals surface area contributed by atoms with Crippen molar-refractivity contribution in [3.05, 3.63) is 60.3 Å². The largest absolute Gasteiger partial charge is 0.465 e. The van der Waals surface area contributed by atoms with Crippen LogP contribution in [0.25, 0.3) is 22.3 Å². The van der Waals surface area contributed by atoms with Gasteiger partial charge in [0, 0.05) is 35.0 Å². The van der Waals surface area contributed by atoms with E-state index in [2.05, 4.69) is 26.6 Å². The van der Waals surface area contributed by atoms with Crippen LogP contribution in [0.4, 0.5) is 5.69 Å². The summed E-state index contributed by atoms with van der Waals surface area (Å²) >= 11 is 1.32. The minimum atomic E-state index is -0.456. The highest BCUT2D eigenvalue weighted by Crippen LogP contribution is 2.31. The maximum absolute atomic E-state index is 12.7. The molecule has 0 radical (unpaired) electrons. The lowest BCUT2D eigenvalue weighted by atomic mass is 10.1. The molecule has 1 unspecified atom stereocenters. The molecule has 1 aliphatic rings. The van der Waals surface area contributed by atoms with Crippen LogP contribution < -0.4 is 5.32 Å². The molecule has 9 nitrogen and oxygen atoms in total. The second-order valence-corrected chi connectivity index (χ2v) is 9.15. The van der Waals surface area contributed by atoms with E-state index < -0.39 is 5.97 Å². The van der Waals surface area contributed by atoms with Gasteiger partial charge in [-0.1, -0.05) is 36.0 Å². The summed E-state index contributed by atoms with van der Waals surface area (Å²) in [6.45, 7) is 1.37. The fourth-order valence-electron chi connectivity index (χ4n) is 4.18. The minimum absolute atomic E-state index is 0.0872. The Bertz CT molecular complexity index is 1360. The summed E-state index contributed by atoms with van der Waals surface area (Å²) in [5, 5.41) is 13.4. The molecule has 3 heterocycles. The van der Waals surface area contributed by atoms with Gasteiger partial charge in [-0.3, -0.25) is 9.36 Å². The Balaban J connectivity index is 1.35. The zero-order valence-electron chi connectivity index (χ0n) is 19.2. The molecule has 0 saturated carbocycles. The van der Waals surface area contributed by atoms with Gasteiger partial charge in [0.05, 0.1) is 31.1 Å². The van der Waals surface area contributed by atoms with Gasteiger partial charge in [-0.05, 0) is 37.1 Å². The smallest absolute Gasteiger partial charge is 0.337 e. The van der Waals surface area contributed by atoms with Crippen LogP contribution in [0.15, 0.2) is 59.9 Å². The van der Waals surface area contributed by atoms with Crippen LogP contribution in [0.2, 0.25) is 0 Å². The van der Waals surface area contributed by atoms with Crippen LogP contribution in [-0.4, -0.2) is 57.2 Å². The van der Waals surface area contributed by atoms with Crippen LogP contribution in [0.3, 0.4) is 0 Å². The van der Waals surface area contributed by atoms with E-state index in [1.807, 2.05) is 29.0 Å². The van der Waals surface area contributed by atoms with Crippen molar-refractivity contribution in [1.29, 1.82) is 0 Å². The van der Waals surface area contributed by atoms with Gasteiger partial charge in [0.1, 0.15) is 0 Å². The number of nitrogens with zero attached hydrogens (tertiary/aromatic N) is 3. The predicted molar refractivity (Wildman–Crippen MR) is 133 cm³/mol. The normalized spacial score (nSPS) is 15.4. The molecule has 1 amide bonds. The van der Waals surface area contributed by atoms with E-state index in [1.54, 1.807) is 24.3 Å². The topological polar surface area (TPSA) is 111 Å². The Morgan fingerprint density at radius 2 is 2.11 bits per heavy atom. The molecule has 0 spiro atoms. The number of nitrogens with one attached hydrogen (secondary N) is 2. The maximum atomic E-state index is 12.7. The van der Waals surface area contributed by atoms with E-state index in [4.69, 9.17) is 9.47 Å². The van der Waals surface area contributed by atoms with Crippen LogP contribution in [0.5, 0.6) is 0 Å². The molecule has 0 bridgehead atoms. The minimum Gasteiger partial charge on any atom is -0.465 e. The van der Waals surface area contributed by atoms with Gasteiger partial charge in [0.2, 0.25) is 5.91 Å². The third kappa shape index (κ3) is 5.08. The summed E-state index contributed by atoms with van der Waals surface area (Å²) in [5.41, 5.74) is 2.88. The summed E-state index contributed by atoms with van der Waals surface area (Å²) < 4.78 is 12.7. The number of aromatic amines is 1. The van der Waals surface area contributed by atoms with Gasteiger partial charge in [-0.15, -0.1) is 10.2 Å². The fraction of sp³-hybridized carbons (Fsp3) is 0.280. The lowest BCUT2D eigenvalue weighted by Gasteiger charge is -2.14. The summed E-state index contributed by atoms with van der Waals surface area (Å²) in [7, 11) is 1.32. The number of hydrogen-bond acceptors (Lipinski definition) is 7. The molecule has 2 aromatic heterocycles. The third-order valence-electron chi connectivity index (χ3n) is 5.86. The highest BCUT2D eigenvalue weighted by atomic mass is 32.2. The molecule has 5 rings (SSSR count). The molecule has 10 heteroatoms. The first-order valence-electron chi connectivity index (χ1n) is 11.3. The number of ether oxygens (including phenoxy) is 2. The molecule has 0 aliphatic carbocycles. The first kappa shape index (κ1) is 23.1. The average molecular weight is 492 g/mol. The van der Waals surface area contributed by atoms with Gasteiger partial charge in [-0.2, -0.15) is 0 Å². The number of fused-ring (bicyclic) bond motifs is 1. The quantitative estimate of drug-likeness (QED) is 0.282. The summed E-state index contributed by atoms with van der Waals surface area (Å²) in [4.78, 5) is 27.7. The third-order valence-corrected chi connectivity index (χ3v) is 6.82. The number of benzene rings is 2. The molecule has 2 N–H and O–H groups in total. The summed E-state index contributed by atoms with van der Waals surface area (Å²) in [6, 6.07) is 14.7. The number of amides is 1. The van der Waals surface area contributed by atoms with Crippen molar-refractivity contribution in [3.63, 3.8) is 0 Å². The first-order chi connectivity index (χ1) is 17.1. The van der Waals surface area contributed by atoms with Crippen molar-refractivity contribution in [3.8, 4) is 11.4 Å². The Kier molecular flexibility index (Phi) is 6.82. The van der Waals surface area contributed by atoms with Crippen molar-refractivity contribution in [1.82, 2.24) is 19.7 Å². The fourth-order valence-corrected chi connectivity index (χ4v) is 4.92. The number of carbonyl (C=O) groups is 2. The number of H-pyrrole nitrogens is 1. The van der Waals surface area contributed by atoms with Gasteiger partial charge in [0.25, 0.3) is 0 Å². The number of hydrogen-bond donors (Lipinski definition) is 2. The highest BCUT2D eigenvalue weighted by Gasteiger charge is 2.23. The predicted octanol–water partition coefficient (Wildman–Crippen LogP) is 4.12. The zero-order chi connectivity index (χ0) is 24.2. The van der Waals surface area contributed by atoms with Crippen molar-refractivity contribution in [2.24, 2.45) is 0 Å². The number of esters is 1. The zero-order valence-corrected chi connectivity index (χ0v) is 20.0. The molecule has 2 aromatic carbocycles. The van der Waals surface area contributed by atoms with Gasteiger partial charge >= 0.3 is 5.97 Å². The van der Waals surface area contributed by atoms with Crippen molar-refractivity contribution in [2.75, 3.05) is 24.8 Å². The molecule has 1 fully saturated rings. The van der Waals surface area contributed by atoms with E-state index in [0.29, 0.717) is 23.0 Å². The standard InChI is InChI=1S/C25H25N5O4S/c1-33-24(32)16-6-4-7-17(12-16)27-22(31)15-35-25-29-28-23(30(25)14-18-8-5-11-34-18)20-13-26-21-10-3-2-9-19(20)21/h2-4,6-7,9-10,12-13,18,26H,5,8,11,14-15H2,1H3,(H,27,31). The number of methoxy groups -OCH3 is 1. The molecule has 1 aliphatic heterocycles. The van der Waals surface area contributed by atoms with Crippen LogP contribution in [0, 0.1) is 0 Å². The molecule has 1 saturated heterocycles.